The average molecular weight is 415 g/mol. The first-order valence-electron chi connectivity index (χ1n) is 9.14. The second-order valence-electron chi connectivity index (χ2n) is 6.71. The van der Waals surface area contributed by atoms with Crippen LogP contribution in [0.25, 0.3) is 5.76 Å². The third-order valence-electron chi connectivity index (χ3n) is 4.79. The highest BCUT2D eigenvalue weighted by atomic mass is 32.2. The molecule has 2 unspecified atom stereocenters. The Morgan fingerprint density at radius 2 is 2.00 bits per heavy atom. The molecule has 3 rings (SSSR count). The Kier molecular flexibility index (Phi) is 6.71. The van der Waals surface area contributed by atoms with Crippen LogP contribution >= 0.6 is 0 Å². The van der Waals surface area contributed by atoms with Crippen molar-refractivity contribution in [3.63, 3.8) is 0 Å². The van der Waals surface area contributed by atoms with E-state index in [1.807, 2.05) is 31.2 Å². The number of ether oxygens (including phenoxy) is 1. The highest BCUT2D eigenvalue weighted by Crippen LogP contribution is 2.44. The van der Waals surface area contributed by atoms with Crippen LogP contribution < -0.4 is 0 Å². The lowest BCUT2D eigenvalue weighted by Crippen LogP contribution is -2.10. The molecule has 2 aromatic rings. The lowest BCUT2D eigenvalue weighted by atomic mass is 9.90. The van der Waals surface area contributed by atoms with Crippen LogP contribution in [-0.2, 0) is 32.0 Å². The zero-order chi connectivity index (χ0) is 21.0. The van der Waals surface area contributed by atoms with Crippen molar-refractivity contribution in [3.8, 4) is 0 Å². The standard InChI is InChI=1S/C22H22FNO4S/c1-4-24-27-13-21(25)28-22-14(2)19(18-10-7-16(23)12-20(18)22)11-15-5-8-17(9-6-15)29(3)26/h4-10,12,19H,11,13H2,1-3H3. The summed E-state index contributed by atoms with van der Waals surface area (Å²) in [5.74, 6) is -0.686. The molecule has 0 saturated heterocycles. The van der Waals surface area contributed by atoms with E-state index in [0.29, 0.717) is 17.7 Å². The van der Waals surface area contributed by atoms with Crippen LogP contribution in [0.3, 0.4) is 0 Å². The maximum absolute atomic E-state index is 13.9. The second-order valence-corrected chi connectivity index (χ2v) is 8.09. The number of fused-ring (bicyclic) bond motifs is 1. The Labute approximate surface area is 172 Å². The van der Waals surface area contributed by atoms with Gasteiger partial charge in [0.05, 0.1) is 0 Å². The summed E-state index contributed by atoms with van der Waals surface area (Å²) in [5.41, 5.74) is 3.38. The van der Waals surface area contributed by atoms with Crippen LogP contribution in [0.5, 0.6) is 0 Å². The van der Waals surface area contributed by atoms with Crippen LogP contribution in [-0.4, -0.2) is 29.6 Å². The molecule has 2 atom stereocenters. The summed E-state index contributed by atoms with van der Waals surface area (Å²) in [6.07, 6.45) is 3.71. The van der Waals surface area contributed by atoms with E-state index in [4.69, 9.17) is 9.57 Å². The molecule has 2 aromatic carbocycles. The smallest absolute Gasteiger partial charge is 0.352 e. The molecular weight excluding hydrogens is 393 g/mol. The zero-order valence-electron chi connectivity index (χ0n) is 16.5. The molecule has 0 aromatic heterocycles. The molecule has 0 radical (unpaired) electrons. The van der Waals surface area contributed by atoms with E-state index < -0.39 is 23.0 Å². The van der Waals surface area contributed by atoms with Crippen LogP contribution in [0, 0.1) is 5.82 Å². The van der Waals surface area contributed by atoms with Crippen LogP contribution in [0.4, 0.5) is 4.39 Å². The van der Waals surface area contributed by atoms with Crippen molar-refractivity contribution < 1.29 is 23.3 Å². The number of esters is 1. The van der Waals surface area contributed by atoms with Crippen molar-refractivity contribution in [1.82, 2.24) is 0 Å². The zero-order valence-corrected chi connectivity index (χ0v) is 17.3. The van der Waals surface area contributed by atoms with Crippen molar-refractivity contribution >= 4 is 29.1 Å². The molecule has 1 aliphatic carbocycles. The Hall–Kier alpha value is -2.64. The average Bonchev–Trinajstić information content (AvgIpc) is 2.94. The fourth-order valence-electron chi connectivity index (χ4n) is 3.39. The van der Waals surface area contributed by atoms with E-state index in [9.17, 15) is 13.7 Å². The fourth-order valence-corrected chi connectivity index (χ4v) is 3.91. The molecule has 5 nitrogen and oxygen atoms in total. The molecule has 1 aliphatic rings. The number of benzene rings is 2. The lowest BCUT2D eigenvalue weighted by Gasteiger charge is -2.14. The van der Waals surface area contributed by atoms with Gasteiger partial charge in [0.1, 0.15) is 17.8 Å². The van der Waals surface area contributed by atoms with Gasteiger partial charge in [-0.3, -0.25) is 0 Å². The topological polar surface area (TPSA) is 71.0 Å². The Balaban J connectivity index is 1.86. The van der Waals surface area contributed by atoms with Gasteiger partial charge in [0, 0.05) is 17.7 Å². The summed E-state index contributed by atoms with van der Waals surface area (Å²) in [5, 5.41) is 3.53. The van der Waals surface area contributed by atoms with Crippen molar-refractivity contribution in [2.75, 3.05) is 12.9 Å². The van der Waals surface area contributed by atoms with E-state index in [1.54, 1.807) is 19.2 Å². The normalized spacial score (nSPS) is 16.8. The summed E-state index contributed by atoms with van der Waals surface area (Å²) in [6.45, 7) is 3.22. The molecule has 29 heavy (non-hydrogen) atoms. The molecular formula is C22H22FNO4S. The van der Waals surface area contributed by atoms with Crippen molar-refractivity contribution in [2.24, 2.45) is 5.16 Å². The molecule has 0 fully saturated rings. The summed E-state index contributed by atoms with van der Waals surface area (Å²) in [4.78, 5) is 17.7. The molecule has 152 valence electrons. The first-order chi connectivity index (χ1) is 13.9. The van der Waals surface area contributed by atoms with Crippen LogP contribution in [0.15, 0.2) is 58.1 Å². The van der Waals surface area contributed by atoms with Gasteiger partial charge in [0.15, 0.2) is 4.90 Å². The number of rotatable bonds is 7. The van der Waals surface area contributed by atoms with Gasteiger partial charge in [-0.1, -0.05) is 23.4 Å². The van der Waals surface area contributed by atoms with Gasteiger partial charge >= 0.3 is 5.97 Å². The Bertz CT molecular complexity index is 954. The minimum Gasteiger partial charge on any atom is -0.612 e. The minimum absolute atomic E-state index is 0.0547. The Morgan fingerprint density at radius 1 is 1.28 bits per heavy atom. The van der Waals surface area contributed by atoms with Gasteiger partial charge in [-0.25, -0.2) is 9.18 Å². The third-order valence-corrected chi connectivity index (χ3v) is 5.73. The molecule has 7 heteroatoms. The van der Waals surface area contributed by atoms with Gasteiger partial charge in [-0.2, -0.15) is 0 Å². The number of hydrogen-bond donors (Lipinski definition) is 0. The minimum atomic E-state index is -1.03. The first-order valence-corrected chi connectivity index (χ1v) is 10.7. The number of allylic oxidation sites excluding steroid dienone is 1. The summed E-state index contributed by atoms with van der Waals surface area (Å²) in [6, 6.07) is 12.1. The van der Waals surface area contributed by atoms with E-state index >= 15 is 0 Å². The van der Waals surface area contributed by atoms with Crippen LogP contribution in [0.1, 0.15) is 36.5 Å². The molecule has 0 saturated carbocycles. The van der Waals surface area contributed by atoms with E-state index in [2.05, 4.69) is 5.16 Å². The molecule has 0 N–H and O–H groups in total. The van der Waals surface area contributed by atoms with Crippen molar-refractivity contribution in [1.29, 1.82) is 0 Å². The van der Waals surface area contributed by atoms with Gasteiger partial charge in [-0.15, -0.1) is 0 Å². The molecule has 0 aliphatic heterocycles. The predicted octanol–water partition coefficient (Wildman–Crippen LogP) is 4.20. The maximum Gasteiger partial charge on any atom is 0.352 e. The SMILES string of the molecule is CC=NOCC(=O)OC1=C(C)C(Cc2ccc([S+](C)[O-])cc2)c2ccc(F)cc21. The molecule has 0 amide bonds. The van der Waals surface area contributed by atoms with Gasteiger partial charge in [-0.05, 0) is 72.4 Å². The number of halogens is 1. The molecule has 0 bridgehead atoms. The van der Waals surface area contributed by atoms with Gasteiger partial charge in [0.2, 0.25) is 6.61 Å². The highest BCUT2D eigenvalue weighted by Gasteiger charge is 2.32. The van der Waals surface area contributed by atoms with Crippen LogP contribution in [0.2, 0.25) is 0 Å². The quantitative estimate of drug-likeness (QED) is 0.294. The maximum atomic E-state index is 13.9. The predicted molar refractivity (Wildman–Crippen MR) is 110 cm³/mol. The lowest BCUT2D eigenvalue weighted by molar-refractivity contribution is -0.141. The number of carbonyl (C=O) groups excluding carboxylic acids is 1. The number of carbonyl (C=O) groups is 1. The van der Waals surface area contributed by atoms with Gasteiger partial charge < -0.3 is 14.1 Å². The highest BCUT2D eigenvalue weighted by molar-refractivity contribution is 7.90. The van der Waals surface area contributed by atoms with E-state index in [-0.39, 0.29) is 12.5 Å². The summed E-state index contributed by atoms with van der Waals surface area (Å²) in [7, 11) is 0. The summed E-state index contributed by atoms with van der Waals surface area (Å²) < 4.78 is 31.0. The molecule has 0 spiro atoms. The Morgan fingerprint density at radius 3 is 2.66 bits per heavy atom. The second kappa shape index (κ2) is 9.24. The number of nitrogens with zero attached hydrogens (tertiary/aromatic N) is 1. The number of hydrogen-bond acceptors (Lipinski definition) is 5. The van der Waals surface area contributed by atoms with Crippen molar-refractivity contribution in [3.05, 3.63) is 70.5 Å². The number of oxime groups is 1. The monoisotopic (exact) mass is 415 g/mol. The summed E-state index contributed by atoms with van der Waals surface area (Å²) >= 11 is -1.03. The largest absolute Gasteiger partial charge is 0.612 e. The van der Waals surface area contributed by atoms with Crippen molar-refractivity contribution in [2.45, 2.75) is 31.1 Å². The van der Waals surface area contributed by atoms with Gasteiger partial charge in [0.25, 0.3) is 0 Å². The van der Waals surface area contributed by atoms with E-state index in [0.717, 1.165) is 21.6 Å². The van der Waals surface area contributed by atoms with E-state index in [1.165, 1.54) is 18.3 Å². The first kappa shape index (κ1) is 21.1. The molecule has 0 heterocycles. The third kappa shape index (κ3) is 4.86. The fraction of sp³-hybridized carbons (Fsp3) is 0.273.